The maximum Gasteiger partial charge on any atom is 0.242 e. The molecule has 1 aromatic carbocycles. The van der Waals surface area contributed by atoms with Gasteiger partial charge in [0, 0.05) is 17.8 Å². The van der Waals surface area contributed by atoms with E-state index in [2.05, 4.69) is 36.5 Å². The highest BCUT2D eigenvalue weighted by atomic mass is 32.1. The van der Waals surface area contributed by atoms with E-state index in [4.69, 9.17) is 0 Å². The second-order valence-corrected chi connectivity index (χ2v) is 7.21. The Morgan fingerprint density at radius 3 is 2.79 bits per heavy atom. The van der Waals surface area contributed by atoms with Crippen LogP contribution in [0.15, 0.2) is 41.8 Å². The molecule has 2 aromatic rings. The van der Waals surface area contributed by atoms with E-state index in [1.807, 2.05) is 17.5 Å². The van der Waals surface area contributed by atoms with Gasteiger partial charge in [0.25, 0.3) is 0 Å². The number of carbonyl (C=O) groups is 2. The molecule has 1 atom stereocenters. The Labute approximate surface area is 146 Å². The Morgan fingerprint density at radius 2 is 2.08 bits per heavy atom. The van der Waals surface area contributed by atoms with Crippen molar-refractivity contribution in [1.29, 1.82) is 0 Å². The summed E-state index contributed by atoms with van der Waals surface area (Å²) >= 11 is 1.62. The van der Waals surface area contributed by atoms with E-state index in [0.717, 1.165) is 11.3 Å². The minimum Gasteiger partial charge on any atom is -0.354 e. The van der Waals surface area contributed by atoms with Crippen LogP contribution < -0.4 is 5.32 Å². The molecule has 0 radical (unpaired) electrons. The Kier molecular flexibility index (Phi) is 5.30. The molecule has 24 heavy (non-hydrogen) atoms. The summed E-state index contributed by atoms with van der Waals surface area (Å²) in [6.07, 6.45) is 1.87. The first-order valence-corrected chi connectivity index (χ1v) is 9.16. The van der Waals surface area contributed by atoms with E-state index in [9.17, 15) is 9.59 Å². The first kappa shape index (κ1) is 16.7. The number of benzene rings is 1. The number of thiophene rings is 1. The predicted molar refractivity (Wildman–Crippen MR) is 95.8 cm³/mol. The fourth-order valence-electron chi connectivity index (χ4n) is 2.98. The first-order chi connectivity index (χ1) is 11.6. The van der Waals surface area contributed by atoms with Crippen molar-refractivity contribution in [2.75, 3.05) is 6.54 Å². The van der Waals surface area contributed by atoms with Crippen LogP contribution in [-0.4, -0.2) is 29.3 Å². The lowest BCUT2D eigenvalue weighted by Gasteiger charge is -2.23. The van der Waals surface area contributed by atoms with E-state index in [0.29, 0.717) is 25.9 Å². The Hall–Kier alpha value is -2.14. The zero-order valence-corrected chi connectivity index (χ0v) is 14.6. The summed E-state index contributed by atoms with van der Waals surface area (Å²) in [5.41, 5.74) is 2.44. The second kappa shape index (κ2) is 7.62. The molecule has 0 aliphatic carbocycles. The number of aryl methyl sites for hydroxylation is 1. The van der Waals surface area contributed by atoms with Crippen LogP contribution in [-0.2, 0) is 22.6 Å². The fourth-order valence-corrected chi connectivity index (χ4v) is 3.68. The van der Waals surface area contributed by atoms with Gasteiger partial charge in [-0.15, -0.1) is 11.3 Å². The van der Waals surface area contributed by atoms with Gasteiger partial charge in [0.2, 0.25) is 11.8 Å². The number of amides is 2. The van der Waals surface area contributed by atoms with Gasteiger partial charge in [0.1, 0.15) is 6.04 Å². The van der Waals surface area contributed by atoms with Crippen LogP contribution in [0.3, 0.4) is 0 Å². The summed E-state index contributed by atoms with van der Waals surface area (Å²) in [6, 6.07) is 12.0. The highest BCUT2D eigenvalue weighted by Gasteiger charge is 2.35. The van der Waals surface area contributed by atoms with Crippen molar-refractivity contribution in [1.82, 2.24) is 10.2 Å². The van der Waals surface area contributed by atoms with Crippen LogP contribution in [0.2, 0.25) is 0 Å². The lowest BCUT2D eigenvalue weighted by Crippen LogP contribution is -2.44. The van der Waals surface area contributed by atoms with Crippen molar-refractivity contribution in [3.8, 4) is 0 Å². The average Bonchev–Trinajstić information content (AvgIpc) is 3.20. The van der Waals surface area contributed by atoms with E-state index < -0.39 is 0 Å². The van der Waals surface area contributed by atoms with Crippen molar-refractivity contribution in [2.24, 2.45) is 0 Å². The van der Waals surface area contributed by atoms with Gasteiger partial charge in [-0.25, -0.2) is 0 Å². The van der Waals surface area contributed by atoms with Crippen molar-refractivity contribution in [3.63, 3.8) is 0 Å². The lowest BCUT2D eigenvalue weighted by molar-refractivity contribution is -0.135. The van der Waals surface area contributed by atoms with Crippen LogP contribution in [0.5, 0.6) is 0 Å². The van der Waals surface area contributed by atoms with Gasteiger partial charge < -0.3 is 10.2 Å². The zero-order valence-electron chi connectivity index (χ0n) is 13.8. The second-order valence-electron chi connectivity index (χ2n) is 6.18. The topological polar surface area (TPSA) is 49.4 Å². The van der Waals surface area contributed by atoms with E-state index in [1.165, 1.54) is 11.1 Å². The molecular weight excluding hydrogens is 320 g/mol. The third kappa shape index (κ3) is 4.03. The highest BCUT2D eigenvalue weighted by molar-refractivity contribution is 7.09. The monoisotopic (exact) mass is 342 g/mol. The molecule has 1 aliphatic rings. The molecule has 0 saturated carbocycles. The average molecular weight is 342 g/mol. The van der Waals surface area contributed by atoms with Gasteiger partial charge in [-0.1, -0.05) is 35.9 Å². The third-order valence-corrected chi connectivity index (χ3v) is 5.23. The van der Waals surface area contributed by atoms with E-state index >= 15 is 0 Å². The molecule has 0 unspecified atom stereocenters. The largest absolute Gasteiger partial charge is 0.354 e. The SMILES string of the molecule is Cc1ccc(CCNC(=O)[C@H]2CCC(=O)N2Cc2cccs2)cc1. The fraction of sp³-hybridized carbons (Fsp3) is 0.368. The molecule has 2 heterocycles. The summed E-state index contributed by atoms with van der Waals surface area (Å²) in [5.74, 6) is 0.0339. The smallest absolute Gasteiger partial charge is 0.242 e. The van der Waals surface area contributed by atoms with Crippen molar-refractivity contribution in [3.05, 3.63) is 57.8 Å². The molecule has 1 fully saturated rings. The minimum atomic E-state index is -0.336. The summed E-state index contributed by atoms with van der Waals surface area (Å²) in [7, 11) is 0. The van der Waals surface area contributed by atoms with Gasteiger partial charge in [-0.3, -0.25) is 9.59 Å². The zero-order chi connectivity index (χ0) is 16.9. The molecule has 0 spiro atoms. The van der Waals surface area contributed by atoms with Gasteiger partial charge in [0.15, 0.2) is 0 Å². The number of nitrogens with zero attached hydrogens (tertiary/aromatic N) is 1. The summed E-state index contributed by atoms with van der Waals surface area (Å²) in [6.45, 7) is 3.19. The molecule has 126 valence electrons. The van der Waals surface area contributed by atoms with Crippen molar-refractivity contribution >= 4 is 23.2 Å². The molecule has 4 nitrogen and oxygen atoms in total. The Morgan fingerprint density at radius 1 is 1.29 bits per heavy atom. The number of likely N-dealkylation sites (tertiary alicyclic amines) is 1. The Bertz CT molecular complexity index is 695. The van der Waals surface area contributed by atoms with Crippen LogP contribution >= 0.6 is 11.3 Å². The predicted octanol–water partition coefficient (Wildman–Crippen LogP) is 2.91. The Balaban J connectivity index is 1.53. The molecule has 1 aromatic heterocycles. The molecule has 3 rings (SSSR count). The van der Waals surface area contributed by atoms with Crippen LogP contribution in [0.4, 0.5) is 0 Å². The number of rotatable bonds is 6. The van der Waals surface area contributed by atoms with Crippen LogP contribution in [0.1, 0.15) is 28.8 Å². The van der Waals surface area contributed by atoms with E-state index in [1.54, 1.807) is 16.2 Å². The molecule has 2 amide bonds. The van der Waals surface area contributed by atoms with Crippen LogP contribution in [0, 0.1) is 6.92 Å². The summed E-state index contributed by atoms with van der Waals surface area (Å²) < 4.78 is 0. The molecular formula is C19H22N2O2S. The van der Waals surface area contributed by atoms with Gasteiger partial charge in [-0.2, -0.15) is 0 Å². The van der Waals surface area contributed by atoms with Gasteiger partial charge >= 0.3 is 0 Å². The normalized spacial score (nSPS) is 17.3. The minimum absolute atomic E-state index is 0.0375. The van der Waals surface area contributed by atoms with Gasteiger partial charge in [-0.05, 0) is 36.8 Å². The lowest BCUT2D eigenvalue weighted by atomic mass is 10.1. The quantitative estimate of drug-likeness (QED) is 0.877. The standard InChI is InChI=1S/C19H22N2O2S/c1-14-4-6-15(7-5-14)10-11-20-19(23)17-8-9-18(22)21(17)13-16-3-2-12-24-16/h2-7,12,17H,8-11,13H2,1H3,(H,20,23)/t17-/m1/s1. The summed E-state index contributed by atoms with van der Waals surface area (Å²) in [5, 5.41) is 4.98. The van der Waals surface area contributed by atoms with E-state index in [-0.39, 0.29) is 17.9 Å². The van der Waals surface area contributed by atoms with Crippen molar-refractivity contribution < 1.29 is 9.59 Å². The van der Waals surface area contributed by atoms with Gasteiger partial charge in [0.05, 0.1) is 6.54 Å². The first-order valence-electron chi connectivity index (χ1n) is 8.28. The highest BCUT2D eigenvalue weighted by Crippen LogP contribution is 2.23. The maximum atomic E-state index is 12.5. The number of carbonyl (C=O) groups excluding carboxylic acids is 2. The molecule has 0 bridgehead atoms. The molecule has 1 saturated heterocycles. The molecule has 1 aliphatic heterocycles. The maximum absolute atomic E-state index is 12.5. The third-order valence-electron chi connectivity index (χ3n) is 4.37. The number of nitrogens with one attached hydrogen (secondary N) is 1. The molecule has 5 heteroatoms. The number of hydrogen-bond donors (Lipinski definition) is 1. The summed E-state index contributed by atoms with van der Waals surface area (Å²) in [4.78, 5) is 27.4. The van der Waals surface area contributed by atoms with Crippen LogP contribution in [0.25, 0.3) is 0 Å². The van der Waals surface area contributed by atoms with Crippen molar-refractivity contribution in [2.45, 2.75) is 38.8 Å². The number of hydrogen-bond acceptors (Lipinski definition) is 3. The molecule has 1 N–H and O–H groups in total.